The first-order valence-electron chi connectivity index (χ1n) is 11.9. The Bertz CT molecular complexity index is 882. The molecule has 0 fully saturated rings. The van der Waals surface area contributed by atoms with Crippen LogP contribution in [0.4, 0.5) is 0 Å². The molecule has 0 heterocycles. The molecule has 0 saturated heterocycles. The molecule has 1 radical (unpaired) electrons. The molecule has 1 N–H and O–H groups in total. The zero-order valence-corrected chi connectivity index (χ0v) is 27.0. The predicted molar refractivity (Wildman–Crippen MR) is 139 cm³/mol. The molecule has 0 unspecified atom stereocenters. The average molecular weight is 664 g/mol. The van der Waals surface area contributed by atoms with Crippen LogP contribution in [0.3, 0.4) is 0 Å². The van der Waals surface area contributed by atoms with Gasteiger partial charge in [-0.25, -0.2) is 0 Å². The van der Waals surface area contributed by atoms with Crippen molar-refractivity contribution in [3.05, 3.63) is 75.8 Å². The van der Waals surface area contributed by atoms with Crippen molar-refractivity contribution in [1.29, 1.82) is 0 Å². The Morgan fingerprint density at radius 2 is 1.79 bits per heavy atom. The van der Waals surface area contributed by atoms with E-state index in [4.69, 9.17) is 5.11 Å². The SMILES string of the molecule is CC(=C=CO)C/C=C1\C(C)=CCCC1(C)C.CC(=CC=O)/C=C/C1=C(C)CCCC1(C)C.[Ac]. The Kier molecular flexibility index (Phi) is 14.8. The second kappa shape index (κ2) is 15.2. The van der Waals surface area contributed by atoms with Gasteiger partial charge in [0.25, 0.3) is 0 Å². The standard InChI is InChI=1S/2C15H22O.Ac/c2*1-12(9-11-16)7-8-14-13(2)6-5-10-15(14,3)4;/h7-9,11H,5-6,10H2,1-4H3;6,8,11,16H,5,7,10H2,1-4H3;/b8-7+,12-9?;14-8+;. The molecule has 2 nitrogen and oxygen atoms in total. The molecule has 2 rings (SSSR count). The molecule has 0 bridgehead atoms. The Balaban J connectivity index is 0.000000602. The summed E-state index contributed by atoms with van der Waals surface area (Å²) in [6, 6.07) is 0. The van der Waals surface area contributed by atoms with E-state index < -0.39 is 0 Å². The monoisotopic (exact) mass is 663 g/mol. The van der Waals surface area contributed by atoms with Gasteiger partial charge < -0.3 is 5.11 Å². The fourth-order valence-electron chi connectivity index (χ4n) is 4.68. The van der Waals surface area contributed by atoms with Gasteiger partial charge in [0.2, 0.25) is 0 Å². The van der Waals surface area contributed by atoms with E-state index in [-0.39, 0.29) is 54.9 Å². The molecule has 0 aliphatic heterocycles. The van der Waals surface area contributed by atoms with Gasteiger partial charge in [-0.2, -0.15) is 0 Å². The number of rotatable bonds is 5. The first-order chi connectivity index (χ1) is 14.9. The van der Waals surface area contributed by atoms with E-state index in [1.807, 2.05) is 19.9 Å². The fourth-order valence-corrected chi connectivity index (χ4v) is 4.68. The van der Waals surface area contributed by atoms with Gasteiger partial charge in [-0.3, -0.25) is 4.79 Å². The van der Waals surface area contributed by atoms with Crippen LogP contribution in [0, 0.1) is 54.9 Å². The maximum absolute atomic E-state index is 10.3. The summed E-state index contributed by atoms with van der Waals surface area (Å²) in [6.07, 6.45) is 19.3. The number of hydrogen-bond donors (Lipinski definition) is 1. The minimum Gasteiger partial charge on any atom is -0.507 e. The molecule has 179 valence electrons. The Labute approximate surface area is 239 Å². The van der Waals surface area contributed by atoms with E-state index in [2.05, 4.69) is 65.5 Å². The minimum absolute atomic E-state index is 0. The van der Waals surface area contributed by atoms with Gasteiger partial charge in [-0.05, 0) is 105 Å². The van der Waals surface area contributed by atoms with Crippen molar-refractivity contribution in [3.63, 3.8) is 0 Å². The summed E-state index contributed by atoms with van der Waals surface area (Å²) in [6.45, 7) is 17.6. The maximum Gasteiger partial charge on any atom is 0.143 e. The minimum atomic E-state index is 0. The summed E-state index contributed by atoms with van der Waals surface area (Å²) < 4.78 is 0. The summed E-state index contributed by atoms with van der Waals surface area (Å²) in [5, 5.41) is 8.64. The Morgan fingerprint density at radius 3 is 2.33 bits per heavy atom. The van der Waals surface area contributed by atoms with Crippen molar-refractivity contribution >= 4 is 6.29 Å². The zero-order chi connectivity index (χ0) is 24.4. The van der Waals surface area contributed by atoms with Crippen LogP contribution in [-0.2, 0) is 4.79 Å². The molecule has 2 aliphatic carbocycles. The number of hydrogen-bond acceptors (Lipinski definition) is 2. The summed E-state index contributed by atoms with van der Waals surface area (Å²) in [4.78, 5) is 10.3. The van der Waals surface area contributed by atoms with Gasteiger partial charge >= 0.3 is 0 Å². The molecule has 2 aliphatic rings. The molecular formula is C30H44AcO2. The predicted octanol–water partition coefficient (Wildman–Crippen LogP) is 8.90. The van der Waals surface area contributed by atoms with E-state index in [1.165, 1.54) is 54.4 Å². The van der Waals surface area contributed by atoms with Gasteiger partial charge in [0, 0.05) is 44.1 Å². The van der Waals surface area contributed by atoms with Crippen molar-refractivity contribution in [2.45, 2.75) is 93.9 Å². The molecule has 0 aromatic heterocycles. The number of carbonyl (C=O) groups is 1. The molecule has 0 amide bonds. The van der Waals surface area contributed by atoms with Crippen LogP contribution in [0.5, 0.6) is 0 Å². The van der Waals surface area contributed by atoms with E-state index in [0.717, 1.165) is 30.1 Å². The molecule has 0 spiro atoms. The van der Waals surface area contributed by atoms with Gasteiger partial charge in [-0.1, -0.05) is 68.9 Å². The Hall–Kier alpha value is -0.868. The fraction of sp³-hybridized carbons (Fsp3) is 0.533. The van der Waals surface area contributed by atoms with E-state index >= 15 is 0 Å². The van der Waals surface area contributed by atoms with Gasteiger partial charge in [0.15, 0.2) is 0 Å². The van der Waals surface area contributed by atoms with E-state index in [9.17, 15) is 4.79 Å². The van der Waals surface area contributed by atoms with Crippen LogP contribution in [0.25, 0.3) is 0 Å². The number of aliphatic hydroxyl groups excluding tert-OH is 1. The smallest absolute Gasteiger partial charge is 0.143 e. The van der Waals surface area contributed by atoms with Crippen molar-refractivity contribution in [1.82, 2.24) is 0 Å². The van der Waals surface area contributed by atoms with Gasteiger partial charge in [0.1, 0.15) is 12.5 Å². The van der Waals surface area contributed by atoms with E-state index in [1.54, 1.807) is 6.08 Å². The third-order valence-electron chi connectivity index (χ3n) is 6.68. The summed E-state index contributed by atoms with van der Waals surface area (Å²) >= 11 is 0. The van der Waals surface area contributed by atoms with Crippen LogP contribution < -0.4 is 0 Å². The van der Waals surface area contributed by atoms with Crippen LogP contribution in [0.15, 0.2) is 75.8 Å². The van der Waals surface area contributed by atoms with Gasteiger partial charge in [-0.15, -0.1) is 0 Å². The van der Waals surface area contributed by atoms with Crippen molar-refractivity contribution in [2.75, 3.05) is 0 Å². The zero-order valence-electron chi connectivity index (χ0n) is 22.2. The topological polar surface area (TPSA) is 37.3 Å². The second-order valence-corrected chi connectivity index (χ2v) is 10.5. The molecule has 0 aromatic carbocycles. The van der Waals surface area contributed by atoms with Gasteiger partial charge in [0.05, 0.1) is 0 Å². The largest absolute Gasteiger partial charge is 0.507 e. The molecule has 33 heavy (non-hydrogen) atoms. The van der Waals surface area contributed by atoms with Crippen LogP contribution in [-0.4, -0.2) is 11.4 Å². The first kappa shape index (κ1) is 32.1. The maximum atomic E-state index is 10.3. The number of aliphatic hydroxyl groups is 1. The molecule has 0 saturated carbocycles. The third kappa shape index (κ3) is 10.9. The average Bonchev–Trinajstić information content (AvgIpc) is 2.67. The quantitative estimate of drug-likeness (QED) is 0.105. The van der Waals surface area contributed by atoms with Crippen LogP contribution in [0.2, 0.25) is 0 Å². The number of allylic oxidation sites excluding steroid dienone is 11. The number of aldehydes is 1. The summed E-state index contributed by atoms with van der Waals surface area (Å²) in [5.74, 6) is 0. The molecule has 0 atom stereocenters. The molecule has 0 aromatic rings. The van der Waals surface area contributed by atoms with Crippen molar-refractivity contribution < 1.29 is 54.0 Å². The van der Waals surface area contributed by atoms with Crippen LogP contribution >= 0.6 is 0 Å². The van der Waals surface area contributed by atoms with Crippen molar-refractivity contribution in [2.24, 2.45) is 10.8 Å². The van der Waals surface area contributed by atoms with E-state index in [0.29, 0.717) is 0 Å². The van der Waals surface area contributed by atoms with Crippen molar-refractivity contribution in [3.8, 4) is 0 Å². The molecular weight excluding hydrogens is 619 g/mol. The summed E-state index contributed by atoms with van der Waals surface area (Å²) in [5.41, 5.74) is 11.2. The third-order valence-corrected chi connectivity index (χ3v) is 6.68. The first-order valence-corrected chi connectivity index (χ1v) is 11.9. The summed E-state index contributed by atoms with van der Waals surface area (Å²) in [7, 11) is 0. The van der Waals surface area contributed by atoms with Crippen LogP contribution in [0.1, 0.15) is 93.9 Å². The normalized spacial score (nSPS) is 20.8. The second-order valence-electron chi connectivity index (χ2n) is 10.5. The Morgan fingerprint density at radius 1 is 1.12 bits per heavy atom. The molecule has 3 heteroatoms. The number of carbonyl (C=O) groups excluding carboxylic acids is 1.